The highest BCUT2D eigenvalue weighted by atomic mass is 32.2. The smallest absolute Gasteiger partial charge is 0.326 e. The number of hydrogen-bond donors (Lipinski definition) is 2. The third kappa shape index (κ3) is 3.51. The summed E-state index contributed by atoms with van der Waals surface area (Å²) in [4.78, 5) is 29.1. The van der Waals surface area contributed by atoms with Crippen molar-refractivity contribution in [3.8, 4) is 0 Å². The molecule has 0 aliphatic carbocycles. The van der Waals surface area contributed by atoms with Crippen LogP contribution < -0.4 is 4.72 Å². The zero-order valence-corrected chi connectivity index (χ0v) is 14.3. The van der Waals surface area contributed by atoms with E-state index in [2.05, 4.69) is 9.71 Å². The molecule has 0 bridgehead atoms. The molecule has 25 heavy (non-hydrogen) atoms. The van der Waals surface area contributed by atoms with Gasteiger partial charge in [-0.15, -0.1) is 0 Å². The number of amidine groups is 1. The molecule has 0 radical (unpaired) electrons. The number of hydrogen-bond acceptors (Lipinski definition) is 5. The number of aliphatic carboxylic acids is 1. The zero-order chi connectivity index (χ0) is 18.0. The lowest BCUT2D eigenvalue weighted by Crippen LogP contribution is -2.40. The summed E-state index contributed by atoms with van der Waals surface area (Å²) in [5.41, 5.74) is 0.527. The van der Waals surface area contributed by atoms with Gasteiger partial charge >= 0.3 is 5.97 Å². The largest absolute Gasteiger partial charge is 0.480 e. The van der Waals surface area contributed by atoms with Crippen LogP contribution in [0.15, 0.2) is 34.2 Å². The van der Waals surface area contributed by atoms with Gasteiger partial charge in [-0.25, -0.2) is 13.2 Å². The highest BCUT2D eigenvalue weighted by Crippen LogP contribution is 2.22. The van der Waals surface area contributed by atoms with E-state index in [0.29, 0.717) is 31.4 Å². The first-order chi connectivity index (χ1) is 11.9. The standard InChI is InChI=1S/C16H19N3O5S/c20-14(19-10-4-6-12(19)16(21)22)8-3-9-17-15-11-5-1-2-7-13(11)25(23,24)18-15/h1-2,5,7,12H,3-4,6,8-10H2,(H,17,18)(H,21,22). The second-order valence-electron chi connectivity index (χ2n) is 6.02. The number of carbonyl (C=O) groups excluding carboxylic acids is 1. The number of carboxylic acids is 1. The lowest BCUT2D eigenvalue weighted by molar-refractivity contribution is -0.148. The number of nitrogens with one attached hydrogen (secondary N) is 1. The van der Waals surface area contributed by atoms with Crippen molar-refractivity contribution in [2.45, 2.75) is 36.6 Å². The van der Waals surface area contributed by atoms with E-state index in [1.807, 2.05) is 0 Å². The van der Waals surface area contributed by atoms with Gasteiger partial charge in [-0.05, 0) is 31.4 Å². The monoisotopic (exact) mass is 365 g/mol. The Morgan fingerprint density at radius 1 is 1.32 bits per heavy atom. The number of likely N-dealkylation sites (tertiary alicyclic amines) is 1. The molecule has 0 saturated carbocycles. The maximum atomic E-state index is 12.2. The van der Waals surface area contributed by atoms with Crippen LogP contribution in [0.1, 0.15) is 31.2 Å². The van der Waals surface area contributed by atoms with E-state index in [1.54, 1.807) is 18.2 Å². The van der Waals surface area contributed by atoms with E-state index >= 15 is 0 Å². The average molecular weight is 365 g/mol. The Morgan fingerprint density at radius 2 is 2.08 bits per heavy atom. The number of nitrogens with zero attached hydrogens (tertiary/aromatic N) is 2. The molecule has 2 heterocycles. The summed E-state index contributed by atoms with van der Waals surface area (Å²) >= 11 is 0. The molecule has 1 amide bonds. The third-order valence-electron chi connectivity index (χ3n) is 4.34. The van der Waals surface area contributed by atoms with Crippen molar-refractivity contribution in [1.82, 2.24) is 9.62 Å². The molecule has 0 spiro atoms. The Kier molecular flexibility index (Phi) is 4.76. The summed E-state index contributed by atoms with van der Waals surface area (Å²) in [6, 6.07) is 5.85. The molecule has 134 valence electrons. The molecule has 1 saturated heterocycles. The topological polar surface area (TPSA) is 116 Å². The fourth-order valence-electron chi connectivity index (χ4n) is 3.14. The molecule has 9 heteroatoms. The van der Waals surface area contributed by atoms with Crippen molar-refractivity contribution < 1.29 is 23.1 Å². The van der Waals surface area contributed by atoms with Crippen LogP contribution in [-0.2, 0) is 19.6 Å². The summed E-state index contributed by atoms with van der Waals surface area (Å²) < 4.78 is 26.3. The Balaban J connectivity index is 1.58. The van der Waals surface area contributed by atoms with Crippen LogP contribution in [0.3, 0.4) is 0 Å². The minimum Gasteiger partial charge on any atom is -0.480 e. The zero-order valence-electron chi connectivity index (χ0n) is 13.5. The summed E-state index contributed by atoms with van der Waals surface area (Å²) in [6.07, 6.45) is 1.80. The number of carboxylic acid groups (broad SMARTS) is 1. The SMILES string of the molecule is O=C(O)C1CCCN1C(=O)CCCN=C1NS(=O)(=O)c2ccccc21. The molecule has 0 aromatic heterocycles. The van der Waals surface area contributed by atoms with Gasteiger partial charge < -0.3 is 10.0 Å². The second kappa shape index (κ2) is 6.83. The van der Waals surface area contributed by atoms with Gasteiger partial charge in [-0.2, -0.15) is 0 Å². The predicted octanol–water partition coefficient (Wildman–Crippen LogP) is 0.581. The molecular weight excluding hydrogens is 346 g/mol. The van der Waals surface area contributed by atoms with E-state index < -0.39 is 22.0 Å². The number of sulfonamides is 1. The lowest BCUT2D eigenvalue weighted by atomic mass is 10.2. The van der Waals surface area contributed by atoms with Crippen LogP contribution in [0, 0.1) is 0 Å². The Hall–Kier alpha value is -2.42. The van der Waals surface area contributed by atoms with Crippen molar-refractivity contribution in [2.24, 2.45) is 4.99 Å². The van der Waals surface area contributed by atoms with Crippen LogP contribution in [-0.4, -0.2) is 55.3 Å². The minimum absolute atomic E-state index is 0.189. The Labute approximate surface area is 145 Å². The quantitative estimate of drug-likeness (QED) is 0.741. The molecule has 2 N–H and O–H groups in total. The first-order valence-electron chi connectivity index (χ1n) is 8.09. The number of benzene rings is 1. The van der Waals surface area contributed by atoms with Crippen LogP contribution in [0.2, 0.25) is 0 Å². The molecule has 8 nitrogen and oxygen atoms in total. The molecule has 1 fully saturated rings. The molecule has 1 unspecified atom stereocenters. The van der Waals surface area contributed by atoms with Crippen LogP contribution in [0.5, 0.6) is 0 Å². The maximum Gasteiger partial charge on any atom is 0.326 e. The number of rotatable bonds is 5. The van der Waals surface area contributed by atoms with Gasteiger partial charge in [0.2, 0.25) is 5.91 Å². The number of aliphatic imine (C=N–C) groups is 1. The highest BCUT2D eigenvalue weighted by molar-refractivity contribution is 7.90. The van der Waals surface area contributed by atoms with Gasteiger partial charge in [0.25, 0.3) is 10.0 Å². The molecule has 1 aromatic carbocycles. The van der Waals surface area contributed by atoms with Gasteiger partial charge in [-0.3, -0.25) is 14.5 Å². The second-order valence-corrected chi connectivity index (χ2v) is 7.67. The van der Waals surface area contributed by atoms with Gasteiger partial charge in [0.1, 0.15) is 11.9 Å². The van der Waals surface area contributed by atoms with Gasteiger partial charge in [-0.1, -0.05) is 12.1 Å². The van der Waals surface area contributed by atoms with Gasteiger partial charge in [0.05, 0.1) is 4.90 Å². The summed E-state index contributed by atoms with van der Waals surface area (Å²) in [5, 5.41) is 9.11. The lowest BCUT2D eigenvalue weighted by Gasteiger charge is -2.21. The van der Waals surface area contributed by atoms with E-state index in [1.165, 1.54) is 11.0 Å². The Morgan fingerprint density at radius 3 is 2.84 bits per heavy atom. The third-order valence-corrected chi connectivity index (χ3v) is 5.74. The maximum absolute atomic E-state index is 12.2. The van der Waals surface area contributed by atoms with Gasteiger partial charge in [0, 0.05) is 25.1 Å². The molecule has 2 aliphatic rings. The predicted molar refractivity (Wildman–Crippen MR) is 89.8 cm³/mol. The van der Waals surface area contributed by atoms with Crippen molar-refractivity contribution in [3.05, 3.63) is 29.8 Å². The number of fused-ring (bicyclic) bond motifs is 1. The first kappa shape index (κ1) is 17.4. The summed E-state index contributed by atoms with van der Waals surface area (Å²) in [6.45, 7) is 0.751. The van der Waals surface area contributed by atoms with E-state index in [4.69, 9.17) is 5.11 Å². The average Bonchev–Trinajstić information content (AvgIpc) is 3.15. The minimum atomic E-state index is -3.56. The van der Waals surface area contributed by atoms with Crippen LogP contribution in [0.25, 0.3) is 0 Å². The molecule has 1 aromatic rings. The number of carbonyl (C=O) groups is 2. The van der Waals surface area contributed by atoms with Crippen molar-refractivity contribution in [1.29, 1.82) is 0 Å². The molecular formula is C16H19N3O5S. The number of amides is 1. The van der Waals surface area contributed by atoms with Crippen molar-refractivity contribution in [3.63, 3.8) is 0 Å². The van der Waals surface area contributed by atoms with Gasteiger partial charge in [0.15, 0.2) is 0 Å². The van der Waals surface area contributed by atoms with Crippen molar-refractivity contribution >= 4 is 27.7 Å². The van der Waals surface area contributed by atoms with Crippen LogP contribution in [0.4, 0.5) is 0 Å². The molecule has 1 atom stereocenters. The fraction of sp³-hybridized carbons (Fsp3) is 0.438. The first-order valence-corrected chi connectivity index (χ1v) is 9.57. The van der Waals surface area contributed by atoms with E-state index in [9.17, 15) is 18.0 Å². The highest BCUT2D eigenvalue weighted by Gasteiger charge is 2.33. The van der Waals surface area contributed by atoms with Crippen LogP contribution >= 0.6 is 0 Å². The van der Waals surface area contributed by atoms with Crippen molar-refractivity contribution in [2.75, 3.05) is 13.1 Å². The molecule has 3 rings (SSSR count). The summed E-state index contributed by atoms with van der Waals surface area (Å²) in [5.74, 6) is -0.881. The van der Waals surface area contributed by atoms with E-state index in [0.717, 1.165) is 0 Å². The normalized spacial score (nSPS) is 22.6. The fourth-order valence-corrected chi connectivity index (χ4v) is 4.39. The Bertz CT molecular complexity index is 834. The van der Waals surface area contributed by atoms with E-state index in [-0.39, 0.29) is 29.6 Å². The summed E-state index contributed by atoms with van der Waals surface area (Å²) in [7, 11) is -3.56. The molecule has 2 aliphatic heterocycles.